The van der Waals surface area contributed by atoms with Crippen molar-refractivity contribution in [3.63, 3.8) is 0 Å². The molecule has 31 heavy (non-hydrogen) atoms. The Morgan fingerprint density at radius 2 is 1.65 bits per heavy atom. The van der Waals surface area contributed by atoms with Gasteiger partial charge in [0.2, 0.25) is 11.7 Å². The quantitative estimate of drug-likeness (QED) is 0.479. The van der Waals surface area contributed by atoms with Gasteiger partial charge in [0.25, 0.3) is 0 Å². The van der Waals surface area contributed by atoms with E-state index in [1.165, 1.54) is 11.8 Å². The standard InChI is InChI=1S/C22H22ClN3O4S/c1-28-18-10-15(11-19(29-2)22(18)30-3)17-8-9-21(26-25-17)31-13-20(27)24-12-14-4-6-16(23)7-5-14/h4-11H,12-13H2,1-3H3,(H,24,27). The van der Waals surface area contributed by atoms with Gasteiger partial charge in [0.1, 0.15) is 5.03 Å². The van der Waals surface area contributed by atoms with Gasteiger partial charge in [-0.1, -0.05) is 35.5 Å². The summed E-state index contributed by atoms with van der Waals surface area (Å²) in [7, 11) is 4.67. The molecule has 9 heteroatoms. The summed E-state index contributed by atoms with van der Waals surface area (Å²) < 4.78 is 16.1. The van der Waals surface area contributed by atoms with Crippen molar-refractivity contribution in [2.75, 3.05) is 27.1 Å². The highest BCUT2D eigenvalue weighted by Crippen LogP contribution is 2.40. The van der Waals surface area contributed by atoms with E-state index < -0.39 is 0 Å². The van der Waals surface area contributed by atoms with Crippen molar-refractivity contribution in [1.29, 1.82) is 0 Å². The van der Waals surface area contributed by atoms with Crippen LogP contribution in [0.4, 0.5) is 0 Å². The highest BCUT2D eigenvalue weighted by Gasteiger charge is 2.15. The number of aromatic nitrogens is 2. The summed E-state index contributed by atoms with van der Waals surface area (Å²) in [6.45, 7) is 0.447. The number of methoxy groups -OCH3 is 3. The van der Waals surface area contributed by atoms with E-state index in [2.05, 4.69) is 15.5 Å². The predicted molar refractivity (Wildman–Crippen MR) is 121 cm³/mol. The summed E-state index contributed by atoms with van der Waals surface area (Å²) in [5, 5.41) is 12.7. The minimum absolute atomic E-state index is 0.0875. The Balaban J connectivity index is 1.60. The summed E-state index contributed by atoms with van der Waals surface area (Å²) in [5.74, 6) is 1.74. The van der Waals surface area contributed by atoms with Gasteiger partial charge < -0.3 is 19.5 Å². The number of nitrogens with one attached hydrogen (secondary N) is 1. The lowest BCUT2D eigenvalue weighted by Crippen LogP contribution is -2.24. The van der Waals surface area contributed by atoms with Crippen LogP contribution >= 0.6 is 23.4 Å². The third kappa shape index (κ3) is 6.02. The number of halogens is 1. The Kier molecular flexibility index (Phi) is 7.97. The summed E-state index contributed by atoms with van der Waals surface area (Å²) in [6.07, 6.45) is 0. The molecule has 0 aliphatic rings. The maximum atomic E-state index is 12.1. The molecular weight excluding hydrogens is 438 g/mol. The normalized spacial score (nSPS) is 10.5. The van der Waals surface area contributed by atoms with Crippen molar-refractivity contribution >= 4 is 29.3 Å². The summed E-state index contributed by atoms with van der Waals surface area (Å²) in [4.78, 5) is 12.1. The first-order chi connectivity index (χ1) is 15.0. The first-order valence-corrected chi connectivity index (χ1v) is 10.7. The molecule has 0 atom stereocenters. The third-order valence-corrected chi connectivity index (χ3v) is 5.53. The van der Waals surface area contributed by atoms with Crippen molar-refractivity contribution in [2.45, 2.75) is 11.6 Å². The number of benzene rings is 2. The molecule has 0 saturated carbocycles. The number of amides is 1. The van der Waals surface area contributed by atoms with Crippen LogP contribution in [-0.4, -0.2) is 43.2 Å². The fraction of sp³-hybridized carbons (Fsp3) is 0.227. The second-order valence-corrected chi connectivity index (χ2v) is 7.79. The van der Waals surface area contributed by atoms with E-state index >= 15 is 0 Å². The van der Waals surface area contributed by atoms with E-state index in [-0.39, 0.29) is 11.7 Å². The Labute approximate surface area is 190 Å². The average molecular weight is 460 g/mol. The molecule has 0 aliphatic heterocycles. The van der Waals surface area contributed by atoms with Crippen molar-refractivity contribution in [3.05, 3.63) is 59.1 Å². The van der Waals surface area contributed by atoms with Gasteiger partial charge in [-0.15, -0.1) is 10.2 Å². The fourth-order valence-corrected chi connectivity index (χ4v) is 3.54. The third-order valence-electron chi connectivity index (χ3n) is 4.35. The number of rotatable bonds is 9. The van der Waals surface area contributed by atoms with Crippen LogP contribution in [0.15, 0.2) is 53.6 Å². The van der Waals surface area contributed by atoms with E-state index in [0.717, 1.165) is 11.1 Å². The molecule has 0 saturated heterocycles. The van der Waals surface area contributed by atoms with E-state index in [9.17, 15) is 4.79 Å². The second kappa shape index (κ2) is 10.9. The van der Waals surface area contributed by atoms with Gasteiger partial charge in [0, 0.05) is 17.1 Å². The molecule has 0 radical (unpaired) electrons. The van der Waals surface area contributed by atoms with Crippen LogP contribution in [0.25, 0.3) is 11.3 Å². The van der Waals surface area contributed by atoms with Crippen LogP contribution in [0.5, 0.6) is 17.2 Å². The maximum absolute atomic E-state index is 12.1. The highest BCUT2D eigenvalue weighted by atomic mass is 35.5. The number of nitrogens with zero attached hydrogens (tertiary/aromatic N) is 2. The molecule has 3 rings (SSSR count). The van der Waals surface area contributed by atoms with Gasteiger partial charge in [-0.2, -0.15) is 0 Å². The van der Waals surface area contributed by atoms with Gasteiger partial charge >= 0.3 is 0 Å². The van der Waals surface area contributed by atoms with Crippen LogP contribution < -0.4 is 19.5 Å². The molecule has 3 aromatic rings. The molecule has 1 aromatic heterocycles. The SMILES string of the molecule is COc1cc(-c2ccc(SCC(=O)NCc3ccc(Cl)cc3)nn2)cc(OC)c1OC. The maximum Gasteiger partial charge on any atom is 0.230 e. The lowest BCUT2D eigenvalue weighted by atomic mass is 10.1. The van der Waals surface area contributed by atoms with Crippen molar-refractivity contribution < 1.29 is 19.0 Å². The monoisotopic (exact) mass is 459 g/mol. The number of ether oxygens (including phenoxy) is 3. The molecule has 7 nitrogen and oxygen atoms in total. The zero-order valence-corrected chi connectivity index (χ0v) is 18.9. The predicted octanol–water partition coefficient (Wildman–Crippen LogP) is 4.23. The number of carbonyl (C=O) groups excluding carboxylic acids is 1. The first-order valence-electron chi connectivity index (χ1n) is 9.32. The van der Waals surface area contributed by atoms with E-state index in [0.29, 0.717) is 39.5 Å². The van der Waals surface area contributed by atoms with Crippen LogP contribution in [0.1, 0.15) is 5.56 Å². The topological polar surface area (TPSA) is 82.6 Å². The number of carbonyl (C=O) groups is 1. The van der Waals surface area contributed by atoms with Gasteiger partial charge in [-0.3, -0.25) is 4.79 Å². The molecular formula is C22H22ClN3O4S. The van der Waals surface area contributed by atoms with Gasteiger partial charge in [-0.25, -0.2) is 0 Å². The Morgan fingerprint density at radius 1 is 0.968 bits per heavy atom. The van der Waals surface area contributed by atoms with Crippen LogP contribution in [0.2, 0.25) is 5.02 Å². The number of hydrogen-bond acceptors (Lipinski definition) is 7. The molecule has 1 heterocycles. The van der Waals surface area contributed by atoms with E-state index in [1.54, 1.807) is 33.5 Å². The minimum Gasteiger partial charge on any atom is -0.493 e. The number of hydrogen-bond donors (Lipinski definition) is 1. The summed E-state index contributed by atoms with van der Waals surface area (Å²) in [6, 6.07) is 14.6. The van der Waals surface area contributed by atoms with Crippen LogP contribution in [-0.2, 0) is 11.3 Å². The second-order valence-electron chi connectivity index (χ2n) is 6.36. The Bertz CT molecular complexity index is 1000. The van der Waals surface area contributed by atoms with Gasteiger partial charge in [0.05, 0.1) is 32.8 Å². The molecule has 0 fully saturated rings. The molecule has 2 aromatic carbocycles. The molecule has 1 amide bonds. The Hall–Kier alpha value is -2.97. The van der Waals surface area contributed by atoms with Crippen LogP contribution in [0.3, 0.4) is 0 Å². The smallest absolute Gasteiger partial charge is 0.230 e. The van der Waals surface area contributed by atoms with Crippen LogP contribution in [0, 0.1) is 0 Å². The zero-order valence-electron chi connectivity index (χ0n) is 17.3. The first kappa shape index (κ1) is 22.7. The van der Waals surface area contributed by atoms with E-state index in [4.69, 9.17) is 25.8 Å². The zero-order chi connectivity index (χ0) is 22.2. The van der Waals surface area contributed by atoms with Crippen molar-refractivity contribution in [1.82, 2.24) is 15.5 Å². The highest BCUT2D eigenvalue weighted by molar-refractivity contribution is 7.99. The lowest BCUT2D eigenvalue weighted by molar-refractivity contribution is -0.118. The van der Waals surface area contributed by atoms with E-state index in [1.807, 2.05) is 36.4 Å². The molecule has 0 spiro atoms. The van der Waals surface area contributed by atoms with Gasteiger partial charge in [-0.05, 0) is 42.0 Å². The largest absolute Gasteiger partial charge is 0.493 e. The Morgan fingerprint density at radius 3 is 2.19 bits per heavy atom. The molecule has 0 aliphatic carbocycles. The van der Waals surface area contributed by atoms with Crippen molar-refractivity contribution in [3.8, 4) is 28.5 Å². The lowest BCUT2D eigenvalue weighted by Gasteiger charge is -2.13. The number of thioether (sulfide) groups is 1. The average Bonchev–Trinajstić information content (AvgIpc) is 2.81. The molecule has 0 bridgehead atoms. The molecule has 0 unspecified atom stereocenters. The minimum atomic E-state index is -0.0875. The summed E-state index contributed by atoms with van der Waals surface area (Å²) in [5.41, 5.74) is 2.41. The summed E-state index contributed by atoms with van der Waals surface area (Å²) >= 11 is 7.18. The molecule has 1 N–H and O–H groups in total. The van der Waals surface area contributed by atoms with Gasteiger partial charge in [0.15, 0.2) is 11.5 Å². The van der Waals surface area contributed by atoms with Crippen molar-refractivity contribution in [2.24, 2.45) is 0 Å². The molecule has 162 valence electrons. The fourth-order valence-electron chi connectivity index (χ4n) is 2.77.